The Labute approximate surface area is 435 Å². The lowest BCUT2D eigenvalue weighted by Gasteiger charge is -2.62. The normalized spacial score (nSPS) is 28.0. The van der Waals surface area contributed by atoms with Gasteiger partial charge in [0.05, 0.1) is 26.2 Å². The van der Waals surface area contributed by atoms with E-state index in [2.05, 4.69) is 55.5 Å². The predicted molar refractivity (Wildman–Crippen MR) is 292 cm³/mol. The maximum atomic E-state index is 2.86. The molecule has 1 nitrogen and oxygen atoms in total. The van der Waals surface area contributed by atoms with Gasteiger partial charge in [-0.15, -0.1) is 0 Å². The zero-order valence-corrected chi connectivity index (χ0v) is 49.1. The fraction of sp³-hybridized carbons (Fsp3) is 1.00. The molecule has 0 N–H and O–H groups in total. The minimum absolute atomic E-state index is 0. The molecule has 66 heavy (non-hydrogen) atoms. The van der Waals surface area contributed by atoms with Gasteiger partial charge in [0.1, 0.15) is 0 Å². The lowest BCUT2D eigenvalue weighted by molar-refractivity contribution is -0.936. The van der Waals surface area contributed by atoms with Crippen LogP contribution in [0.15, 0.2) is 0 Å². The average molecular weight is 1030 g/mol. The number of quaternary nitrogens is 1. The summed E-state index contributed by atoms with van der Waals surface area (Å²) in [4.78, 5) is 0. The fourth-order valence-corrected chi connectivity index (χ4v) is 16.3. The Hall–Kier alpha value is 0.690. The molecule has 9 atom stereocenters. The van der Waals surface area contributed by atoms with E-state index in [0.29, 0.717) is 10.8 Å². The summed E-state index contributed by atoms with van der Waals surface area (Å²) in [5.41, 5.74) is 1.25. The third kappa shape index (κ3) is 20.7. The molecule has 0 radical (unpaired) electrons. The van der Waals surface area contributed by atoms with E-state index in [-0.39, 0.29) is 24.0 Å². The number of hydrogen-bond donors (Lipinski definition) is 0. The van der Waals surface area contributed by atoms with Crippen LogP contribution in [0.5, 0.6) is 0 Å². The zero-order valence-electron chi connectivity index (χ0n) is 47.0. The van der Waals surface area contributed by atoms with Crippen molar-refractivity contribution in [2.45, 2.75) is 337 Å². The van der Waals surface area contributed by atoms with Crippen molar-refractivity contribution in [3.63, 3.8) is 0 Å². The second kappa shape index (κ2) is 34.9. The van der Waals surface area contributed by atoms with Crippen LogP contribution in [0.1, 0.15) is 331 Å². The molecule has 0 amide bonds. The summed E-state index contributed by atoms with van der Waals surface area (Å²) >= 11 is 0. The van der Waals surface area contributed by atoms with E-state index >= 15 is 0 Å². The van der Waals surface area contributed by atoms with Crippen LogP contribution in [-0.4, -0.2) is 30.7 Å². The van der Waals surface area contributed by atoms with E-state index < -0.39 is 0 Å². The number of nitrogens with zero attached hydrogens (tertiary/aromatic N) is 1. The van der Waals surface area contributed by atoms with E-state index in [1.807, 2.05) is 0 Å². The first kappa shape index (κ1) is 61.0. The van der Waals surface area contributed by atoms with Crippen molar-refractivity contribution in [1.82, 2.24) is 0 Å². The number of fused-ring (bicyclic) bond motifs is 5. The Balaban J connectivity index is 0.0000116. The largest absolute Gasteiger partial charge is 1.00 e. The monoisotopic (exact) mass is 1030 g/mol. The summed E-state index contributed by atoms with van der Waals surface area (Å²) in [6.07, 6.45) is 65.6. The number of rotatable bonds is 40. The van der Waals surface area contributed by atoms with Crippen molar-refractivity contribution in [2.24, 2.45) is 52.3 Å². The van der Waals surface area contributed by atoms with Gasteiger partial charge >= 0.3 is 0 Å². The van der Waals surface area contributed by atoms with E-state index in [4.69, 9.17) is 0 Å². The van der Waals surface area contributed by atoms with Gasteiger partial charge in [0.2, 0.25) is 0 Å². The first-order valence-electron chi connectivity index (χ1n) is 31.4. The minimum Gasteiger partial charge on any atom is -1.00 e. The van der Waals surface area contributed by atoms with Gasteiger partial charge in [0, 0.05) is 6.42 Å². The summed E-state index contributed by atoms with van der Waals surface area (Å²) in [5.74, 6) is 6.87. The lowest BCUT2D eigenvalue weighted by Crippen LogP contribution is -3.00. The van der Waals surface area contributed by atoms with Gasteiger partial charge in [-0.3, -0.25) is 0 Å². The fourth-order valence-electron chi connectivity index (χ4n) is 16.3. The first-order valence-corrected chi connectivity index (χ1v) is 31.4. The van der Waals surface area contributed by atoms with E-state index in [9.17, 15) is 0 Å². The number of hydrogen-bond acceptors (Lipinski definition) is 0. The molecule has 2 heteroatoms. The third-order valence-corrected chi connectivity index (χ3v) is 20.8. The molecule has 4 fully saturated rings. The molecule has 0 aromatic rings. The molecule has 4 rings (SSSR count). The summed E-state index contributed by atoms with van der Waals surface area (Å²) in [6, 6.07) is 0.925. The molecule has 0 aromatic heterocycles. The second-order valence-electron chi connectivity index (χ2n) is 26.1. The molecule has 392 valence electrons. The van der Waals surface area contributed by atoms with Crippen LogP contribution < -0.4 is 24.0 Å². The summed E-state index contributed by atoms with van der Waals surface area (Å²) in [7, 11) is 2.78. The van der Waals surface area contributed by atoms with E-state index in [1.54, 1.807) is 51.4 Å². The van der Waals surface area contributed by atoms with Gasteiger partial charge in [-0.25, -0.2) is 0 Å². The van der Waals surface area contributed by atoms with Crippen LogP contribution in [0.2, 0.25) is 0 Å². The van der Waals surface area contributed by atoms with Crippen LogP contribution in [0.3, 0.4) is 0 Å². The molecular weight excluding hydrogens is 910 g/mol. The topological polar surface area (TPSA) is 0 Å². The van der Waals surface area contributed by atoms with Crippen molar-refractivity contribution in [2.75, 3.05) is 20.1 Å². The van der Waals surface area contributed by atoms with Gasteiger partial charge in [0.25, 0.3) is 0 Å². The molecule has 4 unspecified atom stereocenters. The van der Waals surface area contributed by atoms with Gasteiger partial charge in [0.15, 0.2) is 0 Å². The maximum Gasteiger partial charge on any atom is 0.0891 e. The first-order chi connectivity index (χ1) is 31.6. The highest BCUT2D eigenvalue weighted by Gasteiger charge is 2.61. The minimum atomic E-state index is 0. The van der Waals surface area contributed by atoms with Crippen molar-refractivity contribution in [1.29, 1.82) is 0 Å². The SMILES string of the molecule is CCCCCCCCCCCCCCCCCC[N+](C)(CCCCCCCCCCCCCCCCCC)[C@@H]1CC[C@@]2(C)C(CCC3C2CC[C@@]2(C)C3CC[C@@H]2[C@H](C)CCCC(C)C)C1.[I-]. The Morgan fingerprint density at radius 3 is 1.24 bits per heavy atom. The smallest absolute Gasteiger partial charge is 0.0891 e. The number of unbranched alkanes of at least 4 members (excludes halogenated alkanes) is 30. The van der Waals surface area contributed by atoms with Crippen molar-refractivity contribution >= 4 is 0 Å². The molecule has 0 bridgehead atoms. The van der Waals surface area contributed by atoms with Crippen molar-refractivity contribution in [3.05, 3.63) is 0 Å². The second-order valence-corrected chi connectivity index (χ2v) is 26.1. The van der Waals surface area contributed by atoms with Crippen LogP contribution in [0.4, 0.5) is 0 Å². The van der Waals surface area contributed by atoms with Crippen molar-refractivity contribution in [3.8, 4) is 0 Å². The molecule has 0 aliphatic heterocycles. The van der Waals surface area contributed by atoms with Gasteiger partial charge in [-0.05, 0) is 129 Å². The van der Waals surface area contributed by atoms with Crippen LogP contribution in [-0.2, 0) is 0 Å². The lowest BCUT2D eigenvalue weighted by atomic mass is 9.44. The van der Waals surface area contributed by atoms with Gasteiger partial charge in [-0.1, -0.05) is 248 Å². The molecular formula is C64H124IN. The summed E-state index contributed by atoms with van der Waals surface area (Å²) in [5, 5.41) is 0. The standard InChI is InChI=1S/C64H124N.HI/c1-9-11-13-15-17-19-21-23-25-27-29-31-33-35-37-39-52-65(8,53-40-38-36-34-32-30-28-26-24-22-20-18-16-14-12-10-2)58-48-50-63(6)57(54-58)44-45-59-61-47-46-60(56(5)43-41-42-55(3)4)64(61,7)51-49-62(59)63;/h55-62H,9-54H2,1-8H3;1H/q+1;/p-1/t56-,57?,58-,59?,60-,61?,62?,63+,64-;/m1./s1. The molecule has 0 aromatic carbocycles. The molecule has 4 aliphatic rings. The molecule has 4 aliphatic carbocycles. The maximum absolute atomic E-state index is 2.86. The Bertz CT molecular complexity index is 1110. The molecule has 4 saturated carbocycles. The summed E-state index contributed by atoms with van der Waals surface area (Å²) < 4.78 is 1.43. The Morgan fingerprint density at radius 1 is 0.424 bits per heavy atom. The average Bonchev–Trinajstić information content (AvgIpc) is 3.65. The zero-order chi connectivity index (χ0) is 46.6. The molecule has 0 spiro atoms. The van der Waals surface area contributed by atoms with E-state index in [1.165, 1.54) is 249 Å². The third-order valence-electron chi connectivity index (χ3n) is 20.8. The van der Waals surface area contributed by atoms with E-state index in [0.717, 1.165) is 47.5 Å². The Kier molecular flexibility index (Phi) is 32.3. The number of halogens is 1. The highest BCUT2D eigenvalue weighted by molar-refractivity contribution is 5.10. The quantitative estimate of drug-likeness (QED) is 0.0326. The van der Waals surface area contributed by atoms with Crippen molar-refractivity contribution < 1.29 is 28.5 Å². The molecule has 0 saturated heterocycles. The highest BCUT2D eigenvalue weighted by atomic mass is 127. The van der Waals surface area contributed by atoms with Gasteiger partial charge in [-0.2, -0.15) is 0 Å². The van der Waals surface area contributed by atoms with Crippen LogP contribution in [0, 0.1) is 52.3 Å². The van der Waals surface area contributed by atoms with Crippen LogP contribution in [0.25, 0.3) is 0 Å². The highest BCUT2D eigenvalue weighted by Crippen LogP contribution is 2.68. The predicted octanol–water partition coefficient (Wildman–Crippen LogP) is 18.4. The van der Waals surface area contributed by atoms with Crippen LogP contribution >= 0.6 is 0 Å². The molecule has 0 heterocycles. The Morgan fingerprint density at radius 2 is 0.818 bits per heavy atom. The van der Waals surface area contributed by atoms with Gasteiger partial charge < -0.3 is 28.5 Å². The summed E-state index contributed by atoms with van der Waals surface area (Å²) in [6.45, 7) is 20.8.